The van der Waals surface area contributed by atoms with Crippen molar-refractivity contribution in [1.29, 1.82) is 0 Å². The van der Waals surface area contributed by atoms with E-state index < -0.39 is 22.7 Å². The summed E-state index contributed by atoms with van der Waals surface area (Å²) < 4.78 is 62.3. The molecule has 0 aliphatic carbocycles. The van der Waals surface area contributed by atoms with Crippen LogP contribution in [0, 0.1) is 0 Å². The maximum Gasteiger partial charge on any atom is 0.387 e. The lowest BCUT2D eigenvalue weighted by Gasteiger charge is -2.28. The van der Waals surface area contributed by atoms with Crippen molar-refractivity contribution in [3.8, 4) is 11.5 Å². The molecule has 2 aromatic rings. The zero-order valence-electron chi connectivity index (χ0n) is 14.7. The highest BCUT2D eigenvalue weighted by Crippen LogP contribution is 2.33. The van der Waals surface area contributed by atoms with Gasteiger partial charge in [-0.1, -0.05) is 31.2 Å². The number of benzene rings is 2. The van der Waals surface area contributed by atoms with Gasteiger partial charge in [0.2, 0.25) is 10.0 Å². The maximum absolute atomic E-state index is 13.1. The van der Waals surface area contributed by atoms with Gasteiger partial charge in [-0.25, -0.2) is 8.42 Å². The molecule has 2 aromatic carbocycles. The summed E-state index contributed by atoms with van der Waals surface area (Å²) in [4.78, 5) is -0.295. The van der Waals surface area contributed by atoms with Crippen LogP contribution < -0.4 is 9.47 Å². The lowest BCUT2D eigenvalue weighted by Crippen LogP contribution is -2.33. The highest BCUT2D eigenvalue weighted by molar-refractivity contribution is 7.89. The number of nitrogens with zero attached hydrogens (tertiary/aromatic N) is 1. The second-order valence-corrected chi connectivity index (χ2v) is 7.35. The number of halogens is 2. The molecule has 26 heavy (non-hydrogen) atoms. The molecule has 0 saturated heterocycles. The molecule has 2 rings (SSSR count). The van der Waals surface area contributed by atoms with Crippen LogP contribution in [0.3, 0.4) is 0 Å². The van der Waals surface area contributed by atoms with Crippen LogP contribution in [0.15, 0.2) is 53.4 Å². The third kappa shape index (κ3) is 4.31. The van der Waals surface area contributed by atoms with Crippen molar-refractivity contribution in [2.24, 2.45) is 0 Å². The van der Waals surface area contributed by atoms with Gasteiger partial charge in [-0.05, 0) is 36.8 Å². The maximum atomic E-state index is 13.1. The summed E-state index contributed by atoms with van der Waals surface area (Å²) in [5, 5.41) is 0. The average molecular weight is 385 g/mol. The molecular weight excluding hydrogens is 364 g/mol. The molecule has 0 aliphatic heterocycles. The highest BCUT2D eigenvalue weighted by atomic mass is 32.2. The van der Waals surface area contributed by atoms with E-state index in [0.29, 0.717) is 5.75 Å². The fraction of sp³-hybridized carbons (Fsp3) is 0.333. The van der Waals surface area contributed by atoms with Gasteiger partial charge in [-0.15, -0.1) is 0 Å². The van der Waals surface area contributed by atoms with Gasteiger partial charge in [0.05, 0.1) is 7.11 Å². The molecule has 1 unspecified atom stereocenters. The largest absolute Gasteiger partial charge is 0.497 e. The minimum absolute atomic E-state index is 0.156. The smallest absolute Gasteiger partial charge is 0.387 e. The second kappa shape index (κ2) is 8.46. The number of sulfonamides is 1. The van der Waals surface area contributed by atoms with E-state index >= 15 is 0 Å². The number of rotatable bonds is 8. The molecule has 0 aliphatic rings. The van der Waals surface area contributed by atoms with Crippen molar-refractivity contribution in [2.45, 2.75) is 31.4 Å². The average Bonchev–Trinajstić information content (AvgIpc) is 2.61. The number of hydrogen-bond donors (Lipinski definition) is 0. The highest BCUT2D eigenvalue weighted by Gasteiger charge is 2.31. The quantitative estimate of drug-likeness (QED) is 0.687. The molecule has 0 saturated carbocycles. The summed E-state index contributed by atoms with van der Waals surface area (Å²) in [5.41, 5.74) is 0.724. The Kier molecular flexibility index (Phi) is 6.55. The summed E-state index contributed by atoms with van der Waals surface area (Å²) in [7, 11) is -2.54. The Bertz CT molecular complexity index is 843. The van der Waals surface area contributed by atoms with Crippen LogP contribution in [0.4, 0.5) is 8.78 Å². The summed E-state index contributed by atoms with van der Waals surface area (Å²) in [6.07, 6.45) is 0. The predicted octanol–water partition coefficient (Wildman–Crippen LogP) is 4.07. The molecule has 1 atom stereocenters. The monoisotopic (exact) mass is 385 g/mol. The molecule has 0 heterocycles. The molecule has 0 aromatic heterocycles. The van der Waals surface area contributed by atoms with E-state index in [9.17, 15) is 17.2 Å². The van der Waals surface area contributed by atoms with Crippen LogP contribution >= 0.6 is 0 Å². The normalized spacial score (nSPS) is 13.0. The number of hydrogen-bond acceptors (Lipinski definition) is 4. The standard InChI is InChI=1S/C18H21F2NO4S/c1-4-21(13(2)14-8-7-9-15(12-14)24-3)26(22,23)17-11-6-5-10-16(17)25-18(19)20/h5-13,18H,4H2,1-3H3. The molecule has 142 valence electrons. The Hall–Kier alpha value is -2.19. The first-order chi connectivity index (χ1) is 12.3. The van der Waals surface area contributed by atoms with Crippen LogP contribution in [0.1, 0.15) is 25.5 Å². The molecule has 0 spiro atoms. The molecule has 0 N–H and O–H groups in total. The number of alkyl halides is 2. The van der Waals surface area contributed by atoms with Gasteiger partial charge < -0.3 is 9.47 Å². The summed E-state index contributed by atoms with van der Waals surface area (Å²) >= 11 is 0. The molecule has 5 nitrogen and oxygen atoms in total. The lowest BCUT2D eigenvalue weighted by atomic mass is 10.1. The van der Waals surface area contributed by atoms with Gasteiger partial charge >= 0.3 is 6.61 Å². The van der Waals surface area contributed by atoms with Crippen molar-refractivity contribution in [2.75, 3.05) is 13.7 Å². The van der Waals surface area contributed by atoms with E-state index in [1.54, 1.807) is 38.1 Å². The van der Waals surface area contributed by atoms with Gasteiger partial charge in [0.1, 0.15) is 16.4 Å². The molecular formula is C18H21F2NO4S. The van der Waals surface area contributed by atoms with Crippen LogP contribution in [0.5, 0.6) is 11.5 Å². The van der Waals surface area contributed by atoms with E-state index in [1.165, 1.54) is 35.7 Å². The van der Waals surface area contributed by atoms with Gasteiger partial charge in [0, 0.05) is 12.6 Å². The predicted molar refractivity (Wildman–Crippen MR) is 94.0 cm³/mol. The van der Waals surface area contributed by atoms with Crippen LogP contribution in [-0.4, -0.2) is 33.0 Å². The van der Waals surface area contributed by atoms with Gasteiger partial charge in [-0.2, -0.15) is 13.1 Å². The van der Waals surface area contributed by atoms with Gasteiger partial charge in [0.25, 0.3) is 0 Å². The summed E-state index contributed by atoms with van der Waals surface area (Å²) in [5.74, 6) is 0.225. The fourth-order valence-corrected chi connectivity index (χ4v) is 4.45. The Morgan fingerprint density at radius 1 is 1.12 bits per heavy atom. The molecule has 0 bridgehead atoms. The van der Waals surface area contributed by atoms with Crippen LogP contribution in [0.2, 0.25) is 0 Å². The lowest BCUT2D eigenvalue weighted by molar-refractivity contribution is -0.0518. The topological polar surface area (TPSA) is 55.8 Å². The van der Waals surface area contributed by atoms with Crippen molar-refractivity contribution in [1.82, 2.24) is 4.31 Å². The Balaban J connectivity index is 2.45. The fourth-order valence-electron chi connectivity index (χ4n) is 2.70. The first-order valence-electron chi connectivity index (χ1n) is 8.00. The minimum atomic E-state index is -4.06. The number of methoxy groups -OCH3 is 1. The van der Waals surface area contributed by atoms with E-state index in [4.69, 9.17) is 4.74 Å². The summed E-state index contributed by atoms with van der Waals surface area (Å²) in [6, 6.07) is 11.9. The first kappa shape index (κ1) is 20.1. The van der Waals surface area contributed by atoms with Crippen molar-refractivity contribution in [3.63, 3.8) is 0 Å². The first-order valence-corrected chi connectivity index (χ1v) is 9.45. The van der Waals surface area contributed by atoms with E-state index in [-0.39, 0.29) is 17.2 Å². The van der Waals surface area contributed by atoms with E-state index in [1.807, 2.05) is 0 Å². The number of para-hydroxylation sites is 1. The van der Waals surface area contributed by atoms with Crippen molar-refractivity contribution < 1.29 is 26.7 Å². The zero-order valence-corrected chi connectivity index (χ0v) is 15.5. The van der Waals surface area contributed by atoms with Gasteiger partial charge in [0.15, 0.2) is 0 Å². The molecule has 8 heteroatoms. The second-order valence-electron chi connectivity index (χ2n) is 5.49. The van der Waals surface area contributed by atoms with Crippen molar-refractivity contribution >= 4 is 10.0 Å². The van der Waals surface area contributed by atoms with E-state index in [2.05, 4.69) is 4.74 Å². The van der Waals surface area contributed by atoms with E-state index in [0.717, 1.165) is 5.56 Å². The third-order valence-electron chi connectivity index (χ3n) is 3.97. The van der Waals surface area contributed by atoms with Gasteiger partial charge in [-0.3, -0.25) is 0 Å². The SMILES string of the molecule is CCN(C(C)c1cccc(OC)c1)S(=O)(=O)c1ccccc1OC(F)F. The molecule has 0 radical (unpaired) electrons. The Morgan fingerprint density at radius 3 is 2.42 bits per heavy atom. The molecule has 0 amide bonds. The zero-order chi connectivity index (χ0) is 19.3. The minimum Gasteiger partial charge on any atom is -0.497 e. The summed E-state index contributed by atoms with van der Waals surface area (Å²) in [6.45, 7) is 0.457. The van der Waals surface area contributed by atoms with Crippen LogP contribution in [-0.2, 0) is 10.0 Å². The Morgan fingerprint density at radius 2 is 1.81 bits per heavy atom. The Labute approximate surface area is 152 Å². The number of ether oxygens (including phenoxy) is 2. The third-order valence-corrected chi connectivity index (χ3v) is 6.06. The molecule has 0 fully saturated rings. The van der Waals surface area contributed by atoms with Crippen LogP contribution in [0.25, 0.3) is 0 Å². The van der Waals surface area contributed by atoms with Crippen molar-refractivity contribution in [3.05, 3.63) is 54.1 Å².